The van der Waals surface area contributed by atoms with E-state index >= 15 is 0 Å². The van der Waals surface area contributed by atoms with Gasteiger partial charge in [-0.1, -0.05) is 84.9 Å². The van der Waals surface area contributed by atoms with Crippen molar-refractivity contribution in [3.63, 3.8) is 0 Å². The molecule has 4 heteroatoms. The Morgan fingerprint density at radius 3 is 1.13 bits per heavy atom. The Kier molecular flexibility index (Phi) is 5.41. The van der Waals surface area contributed by atoms with Crippen LogP contribution in [0.5, 0.6) is 0 Å². The Balaban J connectivity index is 1.65. The largest absolute Gasteiger partial charge is 0.244 e. The Hall–Kier alpha value is -5.22. The summed E-state index contributed by atoms with van der Waals surface area (Å²) in [4.78, 5) is 17.0. The minimum atomic E-state index is 0.991. The molecule has 0 bridgehead atoms. The third-order valence-electron chi connectivity index (χ3n) is 7.03. The summed E-state index contributed by atoms with van der Waals surface area (Å²) in [6.45, 7) is 0. The van der Waals surface area contributed by atoms with Crippen LogP contribution >= 0.6 is 0 Å². The standard InChI is InChI=1S/C34H22N4/c1-3-7-23(8-4-1)33-29-13-11-25(27-17-35-21-36-18-27)15-31(29)34(24-9-5-2-6-10-24)32-16-26(12-14-30(32)33)28-19-37-22-38-20-28/h1-22H. The third kappa shape index (κ3) is 3.80. The first-order valence-electron chi connectivity index (χ1n) is 12.5. The van der Waals surface area contributed by atoms with Crippen molar-refractivity contribution in [2.24, 2.45) is 0 Å². The number of nitrogens with zero attached hydrogens (tertiary/aromatic N) is 4. The number of rotatable bonds is 4. The summed E-state index contributed by atoms with van der Waals surface area (Å²) in [6.07, 6.45) is 10.6. The van der Waals surface area contributed by atoms with E-state index in [0.29, 0.717) is 0 Å². The highest BCUT2D eigenvalue weighted by Gasteiger charge is 2.18. The maximum absolute atomic E-state index is 4.26. The average molecular weight is 487 g/mol. The van der Waals surface area contributed by atoms with E-state index in [9.17, 15) is 0 Å². The first-order valence-corrected chi connectivity index (χ1v) is 12.5. The van der Waals surface area contributed by atoms with Crippen molar-refractivity contribution >= 4 is 21.5 Å². The topological polar surface area (TPSA) is 51.6 Å². The zero-order valence-corrected chi connectivity index (χ0v) is 20.5. The Bertz CT molecular complexity index is 1790. The van der Waals surface area contributed by atoms with Crippen LogP contribution in [0.2, 0.25) is 0 Å². The number of fused-ring (bicyclic) bond motifs is 2. The molecule has 0 aliphatic rings. The fraction of sp³-hybridized carbons (Fsp3) is 0. The fourth-order valence-electron chi connectivity index (χ4n) is 5.32. The smallest absolute Gasteiger partial charge is 0.115 e. The zero-order chi connectivity index (χ0) is 25.3. The van der Waals surface area contributed by atoms with Crippen LogP contribution in [-0.2, 0) is 0 Å². The molecule has 0 atom stereocenters. The molecule has 2 aromatic heterocycles. The van der Waals surface area contributed by atoms with Crippen molar-refractivity contribution in [3.05, 3.63) is 135 Å². The SMILES string of the molecule is c1ccc(-c2c3ccc(-c4cncnc4)cc3c(-c3ccccc3)c3cc(-c4cncnc4)ccc23)cc1. The van der Waals surface area contributed by atoms with Gasteiger partial charge in [-0.05, 0) is 67.1 Å². The Morgan fingerprint density at radius 2 is 0.711 bits per heavy atom. The van der Waals surface area contributed by atoms with Crippen molar-refractivity contribution in [2.75, 3.05) is 0 Å². The molecule has 2 heterocycles. The van der Waals surface area contributed by atoms with E-state index < -0.39 is 0 Å². The monoisotopic (exact) mass is 486 g/mol. The molecule has 0 spiro atoms. The second-order valence-electron chi connectivity index (χ2n) is 9.26. The average Bonchev–Trinajstić information content (AvgIpc) is 3.01. The predicted molar refractivity (Wildman–Crippen MR) is 154 cm³/mol. The predicted octanol–water partition coefficient (Wildman–Crippen LogP) is 8.24. The van der Waals surface area contributed by atoms with Gasteiger partial charge in [-0.2, -0.15) is 0 Å². The van der Waals surface area contributed by atoms with Crippen molar-refractivity contribution in [1.82, 2.24) is 19.9 Å². The molecule has 7 aromatic rings. The molecule has 0 aliphatic heterocycles. The van der Waals surface area contributed by atoms with Gasteiger partial charge in [0.25, 0.3) is 0 Å². The molecule has 178 valence electrons. The highest BCUT2D eigenvalue weighted by Crippen LogP contribution is 2.45. The van der Waals surface area contributed by atoms with E-state index in [0.717, 1.165) is 22.3 Å². The van der Waals surface area contributed by atoms with Gasteiger partial charge in [-0.25, -0.2) is 19.9 Å². The van der Waals surface area contributed by atoms with Crippen LogP contribution in [0.25, 0.3) is 66.1 Å². The van der Waals surface area contributed by atoms with Gasteiger partial charge in [0.1, 0.15) is 12.7 Å². The van der Waals surface area contributed by atoms with Crippen LogP contribution < -0.4 is 0 Å². The molecule has 38 heavy (non-hydrogen) atoms. The summed E-state index contributed by atoms with van der Waals surface area (Å²) in [7, 11) is 0. The van der Waals surface area contributed by atoms with E-state index in [2.05, 4.69) is 117 Å². The molecule has 0 saturated carbocycles. The lowest BCUT2D eigenvalue weighted by Crippen LogP contribution is -1.93. The van der Waals surface area contributed by atoms with E-state index in [1.807, 2.05) is 24.8 Å². The van der Waals surface area contributed by atoms with Gasteiger partial charge < -0.3 is 0 Å². The van der Waals surface area contributed by atoms with E-state index in [1.165, 1.54) is 43.8 Å². The van der Waals surface area contributed by atoms with Gasteiger partial charge in [-0.3, -0.25) is 0 Å². The van der Waals surface area contributed by atoms with Gasteiger partial charge in [0.2, 0.25) is 0 Å². The molecule has 0 N–H and O–H groups in total. The van der Waals surface area contributed by atoms with Crippen molar-refractivity contribution < 1.29 is 0 Å². The fourth-order valence-corrected chi connectivity index (χ4v) is 5.32. The van der Waals surface area contributed by atoms with E-state index in [1.54, 1.807) is 12.7 Å². The zero-order valence-electron chi connectivity index (χ0n) is 20.5. The molecule has 0 aliphatic carbocycles. The van der Waals surface area contributed by atoms with Gasteiger partial charge in [0.05, 0.1) is 0 Å². The summed E-state index contributed by atoms with van der Waals surface area (Å²) in [6, 6.07) is 34.7. The van der Waals surface area contributed by atoms with Crippen LogP contribution in [0.4, 0.5) is 0 Å². The molecular weight excluding hydrogens is 464 g/mol. The van der Waals surface area contributed by atoms with Crippen molar-refractivity contribution in [1.29, 1.82) is 0 Å². The lowest BCUT2D eigenvalue weighted by Gasteiger charge is -2.19. The van der Waals surface area contributed by atoms with Gasteiger partial charge in [-0.15, -0.1) is 0 Å². The third-order valence-corrected chi connectivity index (χ3v) is 7.03. The molecule has 5 aromatic carbocycles. The molecular formula is C34H22N4. The summed E-state index contributed by atoms with van der Waals surface area (Å²) in [5.41, 5.74) is 8.94. The van der Waals surface area contributed by atoms with Crippen LogP contribution in [0.15, 0.2) is 135 Å². The Morgan fingerprint density at radius 1 is 0.316 bits per heavy atom. The maximum Gasteiger partial charge on any atom is 0.115 e. The summed E-state index contributed by atoms with van der Waals surface area (Å²) >= 11 is 0. The molecule has 0 saturated heterocycles. The number of benzene rings is 5. The second kappa shape index (κ2) is 9.34. The molecule has 7 rings (SSSR count). The molecule has 0 fully saturated rings. The summed E-state index contributed by atoms with van der Waals surface area (Å²) in [5, 5.41) is 4.79. The molecule has 0 amide bonds. The van der Waals surface area contributed by atoms with E-state index in [4.69, 9.17) is 0 Å². The van der Waals surface area contributed by atoms with Crippen LogP contribution in [0, 0.1) is 0 Å². The van der Waals surface area contributed by atoms with E-state index in [-0.39, 0.29) is 0 Å². The Labute approximate surface area is 220 Å². The lowest BCUT2D eigenvalue weighted by atomic mass is 9.84. The van der Waals surface area contributed by atoms with Crippen LogP contribution in [0.1, 0.15) is 0 Å². The van der Waals surface area contributed by atoms with Crippen LogP contribution in [0.3, 0.4) is 0 Å². The number of hydrogen-bond donors (Lipinski definition) is 0. The first-order chi connectivity index (χ1) is 18.9. The summed E-state index contributed by atoms with van der Waals surface area (Å²) in [5.74, 6) is 0. The van der Waals surface area contributed by atoms with Crippen molar-refractivity contribution in [3.8, 4) is 44.5 Å². The highest BCUT2D eigenvalue weighted by molar-refractivity contribution is 6.22. The highest BCUT2D eigenvalue weighted by atomic mass is 14.8. The van der Waals surface area contributed by atoms with Gasteiger partial charge in [0, 0.05) is 35.9 Å². The van der Waals surface area contributed by atoms with Crippen molar-refractivity contribution in [2.45, 2.75) is 0 Å². The minimum Gasteiger partial charge on any atom is -0.244 e. The summed E-state index contributed by atoms with van der Waals surface area (Å²) < 4.78 is 0. The van der Waals surface area contributed by atoms with Crippen LogP contribution in [-0.4, -0.2) is 19.9 Å². The molecule has 0 radical (unpaired) electrons. The molecule has 4 nitrogen and oxygen atoms in total. The number of aromatic nitrogens is 4. The lowest BCUT2D eigenvalue weighted by molar-refractivity contribution is 1.17. The number of hydrogen-bond acceptors (Lipinski definition) is 4. The maximum atomic E-state index is 4.26. The minimum absolute atomic E-state index is 0.991. The van der Waals surface area contributed by atoms with Gasteiger partial charge >= 0.3 is 0 Å². The first kappa shape index (κ1) is 22.0. The quantitative estimate of drug-likeness (QED) is 0.235. The van der Waals surface area contributed by atoms with Gasteiger partial charge in [0.15, 0.2) is 0 Å². The molecule has 0 unspecified atom stereocenters. The second-order valence-corrected chi connectivity index (χ2v) is 9.26. The normalized spacial score (nSPS) is 11.2.